The predicted octanol–water partition coefficient (Wildman–Crippen LogP) is 8.30. The van der Waals surface area contributed by atoms with E-state index in [1.165, 1.54) is 21.5 Å². The highest BCUT2D eigenvalue weighted by atomic mass is 31.2. The van der Waals surface area contributed by atoms with E-state index in [4.69, 9.17) is 9.47 Å². The number of nitrogens with zero attached hydrogens (tertiary/aromatic N) is 1. The lowest BCUT2D eigenvalue weighted by atomic mass is 10.1. The number of rotatable bonds is 8. The maximum atomic E-state index is 5.58. The molecule has 0 unspecified atom stereocenters. The molecule has 0 N–H and O–H groups in total. The van der Waals surface area contributed by atoms with Crippen LogP contribution in [0.3, 0.4) is 0 Å². The zero-order valence-electron chi connectivity index (χ0n) is 24.4. The number of methoxy groups -OCH3 is 2. The minimum atomic E-state index is -1.98. The first-order valence-electron chi connectivity index (χ1n) is 14.5. The molecule has 1 heterocycles. The third-order valence-corrected chi connectivity index (χ3v) is 12.8. The third-order valence-electron chi connectivity index (χ3n) is 8.38. The van der Waals surface area contributed by atoms with Crippen LogP contribution in [0.5, 0.6) is 11.5 Å². The fourth-order valence-corrected chi connectivity index (χ4v) is 10.6. The van der Waals surface area contributed by atoms with Gasteiger partial charge in [0.15, 0.2) is 0 Å². The van der Waals surface area contributed by atoms with E-state index < -0.39 is 7.26 Å². The second kappa shape index (κ2) is 11.4. The van der Waals surface area contributed by atoms with E-state index in [0.29, 0.717) is 0 Å². The van der Waals surface area contributed by atoms with Gasteiger partial charge in [-0.15, -0.1) is 0 Å². The summed E-state index contributed by atoms with van der Waals surface area (Å²) in [5.41, 5.74) is 4.72. The third kappa shape index (κ3) is 4.76. The van der Waals surface area contributed by atoms with Gasteiger partial charge in [0, 0.05) is 16.5 Å². The van der Waals surface area contributed by atoms with Gasteiger partial charge in [0.05, 0.1) is 31.4 Å². The van der Waals surface area contributed by atoms with Crippen LogP contribution in [0.2, 0.25) is 0 Å². The van der Waals surface area contributed by atoms with Crippen LogP contribution < -0.4 is 25.4 Å². The molecule has 0 radical (unpaired) electrons. The Morgan fingerprint density at radius 2 is 0.907 bits per heavy atom. The summed E-state index contributed by atoms with van der Waals surface area (Å²) in [4.78, 5) is 0. The van der Waals surface area contributed by atoms with E-state index in [1.54, 1.807) is 14.2 Å². The van der Waals surface area contributed by atoms with Crippen molar-refractivity contribution in [3.8, 4) is 17.2 Å². The summed E-state index contributed by atoms with van der Waals surface area (Å²) in [6.45, 7) is 0. The van der Waals surface area contributed by atoms with Crippen LogP contribution in [0.1, 0.15) is 5.56 Å². The number of ether oxygens (including phenoxy) is 2. The predicted molar refractivity (Wildman–Crippen MR) is 183 cm³/mol. The molecule has 0 amide bonds. The number of aromatic nitrogens is 1. The number of fused-ring (bicyclic) bond motifs is 3. The molecular formula is C39H33NO2P+. The monoisotopic (exact) mass is 578 g/mol. The van der Waals surface area contributed by atoms with E-state index in [-0.39, 0.29) is 0 Å². The first kappa shape index (κ1) is 27.0. The molecular weight excluding hydrogens is 545 g/mol. The van der Waals surface area contributed by atoms with Crippen molar-refractivity contribution in [2.45, 2.75) is 6.16 Å². The van der Waals surface area contributed by atoms with Gasteiger partial charge in [0.1, 0.15) is 34.7 Å². The highest BCUT2D eigenvalue weighted by molar-refractivity contribution is 7.95. The molecule has 0 aliphatic rings. The van der Waals surface area contributed by atoms with Gasteiger partial charge in [-0.3, -0.25) is 0 Å². The van der Waals surface area contributed by atoms with Crippen LogP contribution >= 0.6 is 7.26 Å². The standard InChI is InChI=1S/C39H33NO2P/c1-41-31-22-24-38-36(26-31)37-27-32(42-2)23-25-39(37)40(38)30-20-18-29(19-21-30)28-43(33-12-6-3-7-13-33,34-14-8-4-9-15-34)35-16-10-5-11-17-35/h3-27H,28H2,1-2H3/q+1. The van der Waals surface area contributed by atoms with Crippen molar-refractivity contribution in [1.29, 1.82) is 0 Å². The summed E-state index contributed by atoms with van der Waals surface area (Å²) in [5, 5.41) is 6.45. The minimum absolute atomic E-state index is 0.841. The molecule has 6 aromatic carbocycles. The quantitative estimate of drug-likeness (QED) is 0.169. The molecule has 0 spiro atoms. The van der Waals surface area contributed by atoms with Gasteiger partial charge < -0.3 is 14.0 Å². The molecule has 210 valence electrons. The van der Waals surface area contributed by atoms with Crippen molar-refractivity contribution >= 4 is 45.0 Å². The van der Waals surface area contributed by atoms with Gasteiger partial charge >= 0.3 is 0 Å². The molecule has 43 heavy (non-hydrogen) atoms. The average molecular weight is 579 g/mol. The summed E-state index contributed by atoms with van der Waals surface area (Å²) in [6.07, 6.45) is 0.937. The Labute approximate surface area is 253 Å². The zero-order valence-corrected chi connectivity index (χ0v) is 25.2. The average Bonchev–Trinajstić information content (AvgIpc) is 3.41. The van der Waals surface area contributed by atoms with Crippen LogP contribution in [0.25, 0.3) is 27.5 Å². The van der Waals surface area contributed by atoms with Gasteiger partial charge in [-0.05, 0) is 90.5 Å². The molecule has 0 fully saturated rings. The van der Waals surface area contributed by atoms with Crippen molar-refractivity contribution in [2.24, 2.45) is 0 Å². The summed E-state index contributed by atoms with van der Waals surface area (Å²) in [7, 11) is 1.44. The number of benzene rings is 6. The molecule has 0 saturated heterocycles. The highest BCUT2D eigenvalue weighted by Gasteiger charge is 2.45. The molecule has 7 aromatic rings. The fourth-order valence-electron chi connectivity index (χ4n) is 6.31. The van der Waals surface area contributed by atoms with Crippen LogP contribution in [0, 0.1) is 0 Å². The molecule has 0 aliphatic carbocycles. The Bertz CT molecular complexity index is 1840. The van der Waals surface area contributed by atoms with Gasteiger partial charge in [-0.1, -0.05) is 66.7 Å². The molecule has 0 saturated carbocycles. The normalized spacial score (nSPS) is 11.6. The lowest BCUT2D eigenvalue weighted by molar-refractivity contribution is 0.415. The summed E-state index contributed by atoms with van der Waals surface area (Å²) >= 11 is 0. The first-order chi connectivity index (χ1) is 21.2. The van der Waals surface area contributed by atoms with Gasteiger partial charge in [0.2, 0.25) is 0 Å². The topological polar surface area (TPSA) is 23.4 Å². The van der Waals surface area contributed by atoms with E-state index in [0.717, 1.165) is 45.2 Å². The number of hydrogen-bond donors (Lipinski definition) is 0. The van der Waals surface area contributed by atoms with Crippen LogP contribution in [0.15, 0.2) is 152 Å². The van der Waals surface area contributed by atoms with Crippen molar-refractivity contribution in [3.63, 3.8) is 0 Å². The minimum Gasteiger partial charge on any atom is -0.497 e. The summed E-state index contributed by atoms with van der Waals surface area (Å²) in [5.74, 6) is 1.68. The lowest BCUT2D eigenvalue weighted by Crippen LogP contribution is -2.32. The summed E-state index contributed by atoms with van der Waals surface area (Å²) in [6, 6.07) is 54.9. The van der Waals surface area contributed by atoms with Crippen LogP contribution in [0.4, 0.5) is 0 Å². The van der Waals surface area contributed by atoms with Gasteiger partial charge in [-0.25, -0.2) is 0 Å². The maximum Gasteiger partial charge on any atom is 0.119 e. The SMILES string of the molecule is COc1ccc2c(c1)c1cc(OC)ccc1n2-c1ccc(C[P+](c2ccccc2)(c2ccccc2)c2ccccc2)cc1. The van der Waals surface area contributed by atoms with Crippen molar-refractivity contribution < 1.29 is 9.47 Å². The molecule has 3 nitrogen and oxygen atoms in total. The second-order valence-corrected chi connectivity index (χ2v) is 14.2. The van der Waals surface area contributed by atoms with Crippen molar-refractivity contribution in [1.82, 2.24) is 4.57 Å². The molecule has 0 aliphatic heterocycles. The Kier molecular flexibility index (Phi) is 7.19. The fraction of sp³-hybridized carbons (Fsp3) is 0.0769. The highest BCUT2D eigenvalue weighted by Crippen LogP contribution is 2.58. The smallest absolute Gasteiger partial charge is 0.119 e. The maximum absolute atomic E-state index is 5.58. The van der Waals surface area contributed by atoms with Crippen molar-refractivity contribution in [2.75, 3.05) is 14.2 Å². The Hall–Kier alpha value is -4.85. The Morgan fingerprint density at radius 3 is 1.30 bits per heavy atom. The largest absolute Gasteiger partial charge is 0.497 e. The number of hydrogen-bond acceptors (Lipinski definition) is 2. The van der Waals surface area contributed by atoms with E-state index in [9.17, 15) is 0 Å². The lowest BCUT2D eigenvalue weighted by Gasteiger charge is -2.28. The Balaban J connectivity index is 1.37. The summed E-state index contributed by atoms with van der Waals surface area (Å²) < 4.78 is 13.5. The van der Waals surface area contributed by atoms with Gasteiger partial charge in [-0.2, -0.15) is 0 Å². The van der Waals surface area contributed by atoms with E-state index in [1.807, 2.05) is 12.1 Å². The molecule has 0 atom stereocenters. The van der Waals surface area contributed by atoms with Crippen LogP contribution in [-0.2, 0) is 6.16 Å². The van der Waals surface area contributed by atoms with Gasteiger partial charge in [0.25, 0.3) is 0 Å². The molecule has 4 heteroatoms. The van der Waals surface area contributed by atoms with E-state index in [2.05, 4.69) is 144 Å². The second-order valence-electron chi connectivity index (χ2n) is 10.7. The molecule has 7 rings (SSSR count). The molecule has 1 aromatic heterocycles. The van der Waals surface area contributed by atoms with E-state index >= 15 is 0 Å². The van der Waals surface area contributed by atoms with Crippen molar-refractivity contribution in [3.05, 3.63) is 157 Å². The zero-order chi connectivity index (χ0) is 29.2. The molecule has 0 bridgehead atoms. The first-order valence-corrected chi connectivity index (χ1v) is 16.5. The Morgan fingerprint density at radius 1 is 0.488 bits per heavy atom. The van der Waals surface area contributed by atoms with Crippen LogP contribution in [-0.4, -0.2) is 18.8 Å².